The highest BCUT2D eigenvalue weighted by atomic mass is 16.6. The first kappa shape index (κ1) is 23.1. The number of carbonyl (C=O) groups is 1. The number of ether oxygens (including phenoxy) is 2. The van der Waals surface area contributed by atoms with Gasteiger partial charge in [-0.1, -0.05) is 30.3 Å². The highest BCUT2D eigenvalue weighted by Crippen LogP contribution is 2.41. The predicted molar refractivity (Wildman–Crippen MR) is 139 cm³/mol. The van der Waals surface area contributed by atoms with Gasteiger partial charge in [-0.25, -0.2) is 9.78 Å². The van der Waals surface area contributed by atoms with Crippen molar-refractivity contribution in [2.45, 2.75) is 44.4 Å². The number of benzene rings is 3. The molecule has 2 atom stereocenters. The second-order valence-corrected chi connectivity index (χ2v) is 10.1. The fourth-order valence-electron chi connectivity index (χ4n) is 5.75. The van der Waals surface area contributed by atoms with Crippen molar-refractivity contribution in [2.75, 3.05) is 6.54 Å². The van der Waals surface area contributed by atoms with Gasteiger partial charge in [0.05, 0.1) is 35.5 Å². The van der Waals surface area contributed by atoms with E-state index >= 15 is 0 Å². The van der Waals surface area contributed by atoms with Gasteiger partial charge in [0, 0.05) is 13.1 Å². The molecule has 0 N–H and O–H groups in total. The molecule has 1 aliphatic heterocycles. The van der Waals surface area contributed by atoms with Crippen LogP contribution in [0.5, 0.6) is 11.5 Å². The van der Waals surface area contributed by atoms with Gasteiger partial charge >= 0.3 is 6.09 Å². The van der Waals surface area contributed by atoms with Crippen molar-refractivity contribution in [3.05, 3.63) is 90.3 Å². The topological polar surface area (TPSA) is 80.4 Å². The lowest BCUT2D eigenvalue weighted by Crippen LogP contribution is -2.40. The van der Waals surface area contributed by atoms with E-state index in [1.807, 2.05) is 78.0 Å². The third-order valence-corrected chi connectivity index (χ3v) is 7.40. The molecular formula is C30H28N4O3. The highest BCUT2D eigenvalue weighted by molar-refractivity contribution is 5.77. The fraction of sp³-hybridized carbons (Fsp3) is 0.300. The van der Waals surface area contributed by atoms with E-state index in [1.54, 1.807) is 6.07 Å². The number of amides is 1. The van der Waals surface area contributed by atoms with Crippen LogP contribution in [-0.4, -0.2) is 32.7 Å². The molecule has 37 heavy (non-hydrogen) atoms. The average Bonchev–Trinajstić information content (AvgIpc) is 3.44. The van der Waals surface area contributed by atoms with E-state index in [0.29, 0.717) is 24.6 Å². The molecule has 0 bridgehead atoms. The maximum Gasteiger partial charge on any atom is 0.410 e. The lowest BCUT2D eigenvalue weighted by Gasteiger charge is -2.36. The lowest BCUT2D eigenvalue weighted by atomic mass is 9.78. The standard InChI is InChI=1S/C30H28N4O3/c31-17-22-11-12-27-28(15-22)34(21-32-27)19-24-7-5-13-30(16-24)20-33(29(35)37-30)18-23-6-4-10-26(14-23)36-25-8-2-1-3-9-25/h1-4,6,8-12,14-15,21,24H,5,7,13,16,18-20H2. The predicted octanol–water partition coefficient (Wildman–Crippen LogP) is 6.28. The van der Waals surface area contributed by atoms with Crippen molar-refractivity contribution < 1.29 is 14.3 Å². The summed E-state index contributed by atoms with van der Waals surface area (Å²) in [7, 11) is 0. The summed E-state index contributed by atoms with van der Waals surface area (Å²) in [5, 5.41) is 9.28. The summed E-state index contributed by atoms with van der Waals surface area (Å²) in [5.41, 5.74) is 3.05. The van der Waals surface area contributed by atoms with Gasteiger partial charge in [0.25, 0.3) is 0 Å². The van der Waals surface area contributed by atoms with Gasteiger partial charge in [-0.15, -0.1) is 0 Å². The minimum absolute atomic E-state index is 0.248. The third kappa shape index (κ3) is 4.88. The first-order chi connectivity index (χ1) is 18.1. The molecule has 7 nitrogen and oxygen atoms in total. The van der Waals surface area contributed by atoms with E-state index < -0.39 is 5.60 Å². The van der Waals surface area contributed by atoms with E-state index in [2.05, 4.69) is 15.6 Å². The van der Waals surface area contributed by atoms with E-state index in [1.165, 1.54) is 0 Å². The molecule has 1 amide bonds. The first-order valence-corrected chi connectivity index (χ1v) is 12.7. The Balaban J connectivity index is 1.13. The van der Waals surface area contributed by atoms with Gasteiger partial charge in [0.1, 0.15) is 17.1 Å². The number of nitrogens with zero attached hydrogens (tertiary/aromatic N) is 4. The number of nitriles is 1. The molecule has 2 unspecified atom stereocenters. The van der Waals surface area contributed by atoms with E-state index in [9.17, 15) is 10.1 Å². The van der Waals surface area contributed by atoms with Crippen LogP contribution in [0.15, 0.2) is 79.1 Å². The highest BCUT2D eigenvalue weighted by Gasteiger charge is 2.47. The van der Waals surface area contributed by atoms with Crippen molar-refractivity contribution in [3.63, 3.8) is 0 Å². The zero-order chi connectivity index (χ0) is 25.2. The molecule has 1 saturated carbocycles. The van der Waals surface area contributed by atoms with E-state index in [4.69, 9.17) is 9.47 Å². The van der Waals surface area contributed by atoms with Crippen LogP contribution in [0, 0.1) is 17.2 Å². The molecule has 1 saturated heterocycles. The maximum absolute atomic E-state index is 12.9. The van der Waals surface area contributed by atoms with Crippen LogP contribution in [0.4, 0.5) is 4.79 Å². The molecule has 1 spiro atoms. The van der Waals surface area contributed by atoms with Gasteiger partial charge < -0.3 is 14.0 Å². The molecule has 2 fully saturated rings. The Morgan fingerprint density at radius 1 is 1.08 bits per heavy atom. The number of para-hydroxylation sites is 1. The molecule has 2 aliphatic rings. The molecule has 7 heteroatoms. The molecule has 1 aliphatic carbocycles. The van der Waals surface area contributed by atoms with E-state index in [-0.39, 0.29) is 6.09 Å². The monoisotopic (exact) mass is 492 g/mol. The lowest BCUT2D eigenvalue weighted by molar-refractivity contribution is 0.00415. The van der Waals surface area contributed by atoms with Crippen molar-refractivity contribution in [3.8, 4) is 17.6 Å². The second kappa shape index (κ2) is 9.62. The van der Waals surface area contributed by atoms with Crippen molar-refractivity contribution in [2.24, 2.45) is 5.92 Å². The molecule has 2 heterocycles. The third-order valence-electron chi connectivity index (χ3n) is 7.40. The minimum atomic E-state index is -0.452. The fourth-order valence-corrected chi connectivity index (χ4v) is 5.75. The quantitative estimate of drug-likeness (QED) is 0.316. The zero-order valence-corrected chi connectivity index (χ0v) is 20.5. The van der Waals surface area contributed by atoms with Crippen LogP contribution in [0.3, 0.4) is 0 Å². The van der Waals surface area contributed by atoms with Crippen LogP contribution in [0.25, 0.3) is 11.0 Å². The minimum Gasteiger partial charge on any atom is -0.457 e. The van der Waals surface area contributed by atoms with Gasteiger partial charge in [-0.05, 0) is 79.6 Å². The number of fused-ring (bicyclic) bond motifs is 1. The molecule has 1 aromatic heterocycles. The summed E-state index contributed by atoms with van der Waals surface area (Å²) < 4.78 is 14.2. The number of aromatic nitrogens is 2. The molecule has 3 aromatic carbocycles. The van der Waals surface area contributed by atoms with Gasteiger partial charge in [0.2, 0.25) is 0 Å². The number of imidazole rings is 1. The summed E-state index contributed by atoms with van der Waals surface area (Å²) in [6.07, 6.45) is 5.40. The normalized spacial score (nSPS) is 21.2. The summed E-state index contributed by atoms with van der Waals surface area (Å²) in [5.74, 6) is 1.89. The first-order valence-electron chi connectivity index (χ1n) is 12.7. The largest absolute Gasteiger partial charge is 0.457 e. The SMILES string of the molecule is N#Cc1ccc2ncn(CC3CCCC4(C3)CN(Cc3cccc(Oc5ccccc5)c3)C(=O)O4)c2c1. The number of rotatable bonds is 6. The Hall–Kier alpha value is -4.31. The molecule has 6 rings (SSSR count). The molecule has 186 valence electrons. The average molecular weight is 493 g/mol. The Morgan fingerprint density at radius 3 is 2.81 bits per heavy atom. The Morgan fingerprint density at radius 2 is 1.95 bits per heavy atom. The van der Waals surface area contributed by atoms with Crippen molar-refractivity contribution >= 4 is 17.1 Å². The van der Waals surface area contributed by atoms with Crippen LogP contribution in [-0.2, 0) is 17.8 Å². The summed E-state index contributed by atoms with van der Waals surface area (Å²) in [4.78, 5) is 19.2. The zero-order valence-electron chi connectivity index (χ0n) is 20.5. The molecular weight excluding hydrogens is 464 g/mol. The van der Waals surface area contributed by atoms with Crippen LogP contribution >= 0.6 is 0 Å². The van der Waals surface area contributed by atoms with Crippen LogP contribution < -0.4 is 4.74 Å². The summed E-state index contributed by atoms with van der Waals surface area (Å²) in [6, 6.07) is 25.3. The van der Waals surface area contributed by atoms with E-state index in [0.717, 1.165) is 60.3 Å². The van der Waals surface area contributed by atoms with Crippen molar-refractivity contribution in [1.29, 1.82) is 5.26 Å². The summed E-state index contributed by atoms with van der Waals surface area (Å²) >= 11 is 0. The Bertz CT molecular complexity index is 1480. The summed E-state index contributed by atoms with van der Waals surface area (Å²) in [6.45, 7) is 1.87. The molecule has 0 radical (unpaired) electrons. The second-order valence-electron chi connectivity index (χ2n) is 10.1. The smallest absolute Gasteiger partial charge is 0.410 e. The Kier molecular flexibility index (Phi) is 6.01. The van der Waals surface area contributed by atoms with Gasteiger partial charge in [0.15, 0.2) is 0 Å². The Labute approximate surface area is 215 Å². The van der Waals surface area contributed by atoms with Gasteiger partial charge in [-0.3, -0.25) is 4.90 Å². The van der Waals surface area contributed by atoms with Crippen molar-refractivity contribution in [1.82, 2.24) is 14.5 Å². The van der Waals surface area contributed by atoms with Gasteiger partial charge in [-0.2, -0.15) is 5.26 Å². The maximum atomic E-state index is 12.9. The number of hydrogen-bond acceptors (Lipinski definition) is 5. The number of hydrogen-bond donors (Lipinski definition) is 0. The van der Waals surface area contributed by atoms with Crippen LogP contribution in [0.2, 0.25) is 0 Å². The number of carbonyl (C=O) groups excluding carboxylic acids is 1. The molecule has 4 aromatic rings. The van der Waals surface area contributed by atoms with Crippen LogP contribution in [0.1, 0.15) is 36.8 Å².